The number of anilines is 1. The molecule has 0 unspecified atom stereocenters. The Kier molecular flexibility index (Phi) is 2.46. The van der Waals surface area contributed by atoms with E-state index < -0.39 is 4.92 Å². The Morgan fingerprint density at radius 3 is 2.57 bits per heavy atom. The molecule has 14 heavy (non-hydrogen) atoms. The molecule has 0 atom stereocenters. The molecule has 6 nitrogen and oxygen atoms in total. The molecule has 0 fully saturated rings. The van der Waals surface area contributed by atoms with E-state index in [9.17, 15) is 10.1 Å². The lowest BCUT2D eigenvalue weighted by molar-refractivity contribution is -0.384. The molecule has 0 saturated carbocycles. The number of aromatic amines is 1. The summed E-state index contributed by atoms with van der Waals surface area (Å²) in [6.45, 7) is 5.98. The Morgan fingerprint density at radius 1 is 1.57 bits per heavy atom. The van der Waals surface area contributed by atoms with Crippen LogP contribution in [0.2, 0.25) is 0 Å². The van der Waals surface area contributed by atoms with Crippen LogP contribution in [-0.4, -0.2) is 15.1 Å². The van der Waals surface area contributed by atoms with Crippen LogP contribution < -0.4 is 5.73 Å². The second-order valence-corrected chi connectivity index (χ2v) is 4.43. The van der Waals surface area contributed by atoms with Crippen molar-refractivity contribution in [2.75, 3.05) is 5.73 Å². The first-order chi connectivity index (χ1) is 6.31. The Balaban J connectivity index is 3.04. The summed E-state index contributed by atoms with van der Waals surface area (Å²) in [4.78, 5) is 10.2. The molecule has 0 aliphatic carbocycles. The van der Waals surface area contributed by atoms with Gasteiger partial charge in [-0.3, -0.25) is 15.2 Å². The van der Waals surface area contributed by atoms with Crippen molar-refractivity contribution >= 4 is 11.5 Å². The number of H-pyrrole nitrogens is 1. The van der Waals surface area contributed by atoms with Gasteiger partial charge in [0.15, 0.2) is 0 Å². The van der Waals surface area contributed by atoms with Crippen molar-refractivity contribution < 1.29 is 4.92 Å². The molecule has 0 aliphatic rings. The molecule has 0 aliphatic heterocycles. The van der Waals surface area contributed by atoms with E-state index in [0.29, 0.717) is 12.1 Å². The predicted molar refractivity (Wildman–Crippen MR) is 52.8 cm³/mol. The molecule has 0 amide bonds. The highest BCUT2D eigenvalue weighted by Gasteiger charge is 2.25. The third-order valence-electron chi connectivity index (χ3n) is 1.73. The molecule has 1 aromatic heterocycles. The van der Waals surface area contributed by atoms with Crippen LogP contribution in [0.15, 0.2) is 0 Å². The van der Waals surface area contributed by atoms with Crippen molar-refractivity contribution in [3.8, 4) is 0 Å². The van der Waals surface area contributed by atoms with E-state index in [1.54, 1.807) is 0 Å². The summed E-state index contributed by atoms with van der Waals surface area (Å²) >= 11 is 0. The zero-order valence-corrected chi connectivity index (χ0v) is 8.50. The van der Waals surface area contributed by atoms with Gasteiger partial charge in [0, 0.05) is 6.42 Å². The van der Waals surface area contributed by atoms with Gasteiger partial charge in [-0.15, -0.1) is 0 Å². The van der Waals surface area contributed by atoms with Gasteiger partial charge in [-0.05, 0) is 5.41 Å². The first-order valence-corrected chi connectivity index (χ1v) is 4.28. The molecule has 0 saturated heterocycles. The van der Waals surface area contributed by atoms with Crippen LogP contribution in [0.5, 0.6) is 0 Å². The number of nitrogens with zero attached hydrogens (tertiary/aromatic N) is 2. The second kappa shape index (κ2) is 3.28. The molecule has 1 rings (SSSR count). The molecule has 6 heteroatoms. The Labute approximate surface area is 81.6 Å². The highest BCUT2D eigenvalue weighted by Crippen LogP contribution is 2.29. The van der Waals surface area contributed by atoms with Gasteiger partial charge in [0.25, 0.3) is 0 Å². The summed E-state index contributed by atoms with van der Waals surface area (Å²) in [5.41, 5.74) is 5.73. The minimum absolute atomic E-state index is 0.0380. The van der Waals surface area contributed by atoms with Gasteiger partial charge in [-0.25, -0.2) is 0 Å². The van der Waals surface area contributed by atoms with Crippen molar-refractivity contribution in [3.05, 3.63) is 15.8 Å². The van der Waals surface area contributed by atoms with Crippen molar-refractivity contribution in [2.24, 2.45) is 5.41 Å². The quantitative estimate of drug-likeness (QED) is 0.555. The monoisotopic (exact) mass is 198 g/mol. The number of hydrogen-bond acceptors (Lipinski definition) is 4. The van der Waals surface area contributed by atoms with Gasteiger partial charge < -0.3 is 5.73 Å². The van der Waals surface area contributed by atoms with Crippen molar-refractivity contribution in [1.82, 2.24) is 10.2 Å². The summed E-state index contributed by atoms with van der Waals surface area (Å²) < 4.78 is 0. The second-order valence-electron chi connectivity index (χ2n) is 4.43. The largest absolute Gasteiger partial charge is 0.376 e. The van der Waals surface area contributed by atoms with E-state index >= 15 is 0 Å². The maximum atomic E-state index is 10.7. The minimum Gasteiger partial charge on any atom is -0.376 e. The number of nitro groups is 1. The van der Waals surface area contributed by atoms with E-state index in [-0.39, 0.29) is 16.9 Å². The Hall–Kier alpha value is -1.59. The maximum Gasteiger partial charge on any atom is 0.333 e. The Bertz CT molecular complexity index is 351. The lowest BCUT2D eigenvalue weighted by atomic mass is 9.90. The van der Waals surface area contributed by atoms with Crippen LogP contribution in [0, 0.1) is 15.5 Å². The first-order valence-electron chi connectivity index (χ1n) is 4.28. The summed E-state index contributed by atoms with van der Waals surface area (Å²) in [6.07, 6.45) is 0.549. The normalized spacial score (nSPS) is 11.6. The lowest BCUT2D eigenvalue weighted by Crippen LogP contribution is -2.10. The van der Waals surface area contributed by atoms with Crippen molar-refractivity contribution in [2.45, 2.75) is 27.2 Å². The standard InChI is InChI=1S/C8H14N4O2/c1-8(2,3)4-5-6(12(13)14)7(9)11-10-5/h4H2,1-3H3,(H3,9,10,11). The number of hydrogen-bond donors (Lipinski definition) is 2. The predicted octanol–water partition coefficient (Wildman–Crippen LogP) is 1.49. The summed E-state index contributed by atoms with van der Waals surface area (Å²) in [5, 5.41) is 16.9. The van der Waals surface area contributed by atoms with Crippen LogP contribution in [0.1, 0.15) is 26.5 Å². The average molecular weight is 198 g/mol. The minimum atomic E-state index is -0.500. The van der Waals surface area contributed by atoms with Gasteiger partial charge in [-0.2, -0.15) is 5.10 Å². The summed E-state index contributed by atoms with van der Waals surface area (Å²) in [7, 11) is 0. The van der Waals surface area contributed by atoms with Crippen molar-refractivity contribution in [3.63, 3.8) is 0 Å². The SMILES string of the molecule is CC(C)(C)Cc1[nH]nc(N)c1[N+](=O)[O-]. The average Bonchev–Trinajstić information content (AvgIpc) is 2.27. The molecule has 78 valence electrons. The van der Waals surface area contributed by atoms with Crippen LogP contribution in [0.25, 0.3) is 0 Å². The third kappa shape index (κ3) is 2.21. The van der Waals surface area contributed by atoms with E-state index in [2.05, 4.69) is 10.2 Å². The lowest BCUT2D eigenvalue weighted by Gasteiger charge is -2.15. The van der Waals surface area contributed by atoms with Crippen LogP contribution in [0.4, 0.5) is 11.5 Å². The number of rotatable bonds is 2. The number of nitrogens with two attached hydrogens (primary N) is 1. The van der Waals surface area contributed by atoms with Gasteiger partial charge in [-0.1, -0.05) is 20.8 Å². The van der Waals surface area contributed by atoms with Gasteiger partial charge >= 0.3 is 5.69 Å². The number of nitrogen functional groups attached to an aromatic ring is 1. The molecular formula is C8H14N4O2. The van der Waals surface area contributed by atoms with Crippen LogP contribution in [0.3, 0.4) is 0 Å². The van der Waals surface area contributed by atoms with Gasteiger partial charge in [0.05, 0.1) is 4.92 Å². The fraction of sp³-hybridized carbons (Fsp3) is 0.625. The number of aromatic nitrogens is 2. The number of nitrogens with one attached hydrogen (secondary N) is 1. The topological polar surface area (TPSA) is 97.8 Å². The molecule has 0 aromatic carbocycles. The van der Waals surface area contributed by atoms with E-state index in [0.717, 1.165) is 0 Å². The molecule has 0 radical (unpaired) electrons. The molecule has 1 aromatic rings. The highest BCUT2D eigenvalue weighted by molar-refractivity contribution is 5.55. The zero-order valence-electron chi connectivity index (χ0n) is 8.50. The van der Waals surface area contributed by atoms with Gasteiger partial charge in [0.2, 0.25) is 5.82 Å². The smallest absolute Gasteiger partial charge is 0.333 e. The van der Waals surface area contributed by atoms with E-state index in [1.165, 1.54) is 0 Å². The van der Waals surface area contributed by atoms with Crippen LogP contribution >= 0.6 is 0 Å². The Morgan fingerprint density at radius 2 is 2.14 bits per heavy atom. The maximum absolute atomic E-state index is 10.7. The molecule has 0 spiro atoms. The third-order valence-corrected chi connectivity index (χ3v) is 1.73. The first kappa shape index (κ1) is 10.5. The fourth-order valence-electron chi connectivity index (χ4n) is 1.25. The summed E-state index contributed by atoms with van der Waals surface area (Å²) in [5.74, 6) is -0.0470. The van der Waals surface area contributed by atoms with E-state index in [4.69, 9.17) is 5.73 Å². The zero-order chi connectivity index (χ0) is 10.9. The fourth-order valence-corrected chi connectivity index (χ4v) is 1.25. The molecular weight excluding hydrogens is 184 g/mol. The molecule has 1 heterocycles. The van der Waals surface area contributed by atoms with Gasteiger partial charge in [0.1, 0.15) is 5.69 Å². The molecule has 0 bridgehead atoms. The highest BCUT2D eigenvalue weighted by atomic mass is 16.6. The van der Waals surface area contributed by atoms with Crippen LogP contribution in [-0.2, 0) is 6.42 Å². The van der Waals surface area contributed by atoms with E-state index in [1.807, 2.05) is 20.8 Å². The molecule has 3 N–H and O–H groups in total. The summed E-state index contributed by atoms with van der Waals surface area (Å²) in [6, 6.07) is 0. The van der Waals surface area contributed by atoms with Crippen molar-refractivity contribution in [1.29, 1.82) is 0 Å².